The van der Waals surface area contributed by atoms with Gasteiger partial charge in [-0.2, -0.15) is 0 Å². The molecule has 0 aromatic carbocycles. The molecule has 0 bridgehead atoms. The van der Waals surface area contributed by atoms with Crippen molar-refractivity contribution in [2.45, 2.75) is 41.5 Å². The Hall–Kier alpha value is -0.780. The Balaban J connectivity index is 0. The fourth-order valence-corrected chi connectivity index (χ4v) is 0.708. The summed E-state index contributed by atoms with van der Waals surface area (Å²) in [6, 6.07) is 0. The van der Waals surface area contributed by atoms with Gasteiger partial charge in [-0.15, -0.1) is 0 Å². The van der Waals surface area contributed by atoms with Gasteiger partial charge in [0.1, 0.15) is 0 Å². The molecule has 0 amide bonds. The van der Waals surface area contributed by atoms with E-state index < -0.39 is 0 Å². The Morgan fingerprint density at radius 2 is 1.33 bits per heavy atom. The van der Waals surface area contributed by atoms with Gasteiger partial charge in [0, 0.05) is 0 Å². The molecular formula is C12H22. The van der Waals surface area contributed by atoms with Crippen molar-refractivity contribution in [2.75, 3.05) is 0 Å². The minimum atomic E-state index is 1.25. The van der Waals surface area contributed by atoms with E-state index in [4.69, 9.17) is 0 Å². The molecule has 0 radical (unpaired) electrons. The van der Waals surface area contributed by atoms with E-state index in [0.717, 1.165) is 0 Å². The van der Waals surface area contributed by atoms with Gasteiger partial charge in [-0.25, -0.2) is 0 Å². The maximum atomic E-state index is 3.70. The Labute approximate surface area is 77.7 Å². The third-order valence-corrected chi connectivity index (χ3v) is 1.43. The summed E-state index contributed by atoms with van der Waals surface area (Å²) in [7, 11) is 0. The molecule has 0 aromatic rings. The van der Waals surface area contributed by atoms with E-state index in [0.29, 0.717) is 0 Å². The number of hydrogen-bond acceptors (Lipinski definition) is 0. The van der Waals surface area contributed by atoms with Gasteiger partial charge in [0.25, 0.3) is 0 Å². The molecule has 0 aliphatic carbocycles. The second kappa shape index (κ2) is 8.32. The van der Waals surface area contributed by atoms with E-state index in [-0.39, 0.29) is 0 Å². The van der Waals surface area contributed by atoms with Crippen LogP contribution in [0.3, 0.4) is 0 Å². The third-order valence-electron chi connectivity index (χ3n) is 1.43. The average Bonchev–Trinajstić information content (AvgIpc) is 2.05. The lowest BCUT2D eigenvalue weighted by Crippen LogP contribution is -1.76. The molecule has 0 saturated carbocycles. The molecule has 0 heterocycles. The third kappa shape index (κ3) is 7.33. The highest BCUT2D eigenvalue weighted by molar-refractivity contribution is 5.30. The van der Waals surface area contributed by atoms with Gasteiger partial charge in [0.2, 0.25) is 0 Å². The monoisotopic (exact) mass is 166 g/mol. The van der Waals surface area contributed by atoms with Crippen LogP contribution < -0.4 is 0 Å². The molecule has 0 aliphatic heterocycles. The average molecular weight is 166 g/mol. The lowest BCUT2D eigenvalue weighted by atomic mass is 10.1. The normalized spacial score (nSPS) is 10.5. The lowest BCUT2D eigenvalue weighted by Gasteiger charge is -1.96. The highest BCUT2D eigenvalue weighted by Gasteiger charge is 1.86. The maximum Gasteiger partial charge on any atom is -0.0395 e. The van der Waals surface area contributed by atoms with Gasteiger partial charge >= 0.3 is 0 Å². The van der Waals surface area contributed by atoms with Crippen LogP contribution in [0.25, 0.3) is 0 Å². The summed E-state index contributed by atoms with van der Waals surface area (Å²) in [5, 5.41) is 0. The van der Waals surface area contributed by atoms with Gasteiger partial charge in [-0.3, -0.25) is 0 Å². The summed E-state index contributed by atoms with van der Waals surface area (Å²) in [5.74, 6) is 0. The summed E-state index contributed by atoms with van der Waals surface area (Å²) in [6.45, 7) is 16.1. The highest BCUT2D eigenvalue weighted by Crippen LogP contribution is 2.07. The van der Waals surface area contributed by atoms with Crippen molar-refractivity contribution in [2.24, 2.45) is 0 Å². The zero-order chi connectivity index (χ0) is 10.1. The van der Waals surface area contributed by atoms with Gasteiger partial charge in [-0.1, -0.05) is 38.2 Å². The molecule has 0 rings (SSSR count). The van der Waals surface area contributed by atoms with Crippen LogP contribution in [0.4, 0.5) is 0 Å². The van der Waals surface area contributed by atoms with Crippen LogP contribution in [0, 0.1) is 0 Å². The van der Waals surface area contributed by atoms with Crippen LogP contribution in [0.15, 0.2) is 35.5 Å². The van der Waals surface area contributed by atoms with Gasteiger partial charge in [-0.05, 0) is 38.8 Å². The van der Waals surface area contributed by atoms with E-state index in [1.807, 2.05) is 19.9 Å². The predicted octanol–water partition coefficient (Wildman–Crippen LogP) is 4.50. The van der Waals surface area contributed by atoms with Crippen molar-refractivity contribution in [1.82, 2.24) is 0 Å². The maximum absolute atomic E-state index is 3.70. The van der Waals surface area contributed by atoms with Crippen LogP contribution >= 0.6 is 0 Å². The molecule has 0 spiro atoms. The van der Waals surface area contributed by atoms with Crippen LogP contribution in [-0.2, 0) is 0 Å². The Morgan fingerprint density at radius 1 is 0.917 bits per heavy atom. The second-order valence-electron chi connectivity index (χ2n) is 2.79. The number of hydrogen-bond donors (Lipinski definition) is 0. The SMILES string of the molecule is C=C/C(C)=C(/C)C=C(C)C.CC. The molecular weight excluding hydrogens is 144 g/mol. The Bertz CT molecular complexity index is 176. The quantitative estimate of drug-likeness (QED) is 0.530. The van der Waals surface area contributed by atoms with Gasteiger partial charge < -0.3 is 0 Å². The molecule has 0 heteroatoms. The molecule has 0 aliphatic rings. The topological polar surface area (TPSA) is 0 Å². The molecule has 0 unspecified atom stereocenters. The van der Waals surface area contributed by atoms with Crippen LogP contribution in [-0.4, -0.2) is 0 Å². The van der Waals surface area contributed by atoms with Gasteiger partial charge in [0.15, 0.2) is 0 Å². The smallest absolute Gasteiger partial charge is 0.0395 e. The summed E-state index contributed by atoms with van der Waals surface area (Å²) in [5.41, 5.74) is 3.88. The van der Waals surface area contributed by atoms with E-state index in [1.165, 1.54) is 16.7 Å². The molecule has 0 nitrogen and oxygen atoms in total. The van der Waals surface area contributed by atoms with E-state index >= 15 is 0 Å². The fraction of sp³-hybridized carbons (Fsp3) is 0.500. The van der Waals surface area contributed by atoms with E-state index in [1.54, 1.807) is 0 Å². The van der Waals surface area contributed by atoms with Crippen molar-refractivity contribution in [3.63, 3.8) is 0 Å². The molecule has 70 valence electrons. The summed E-state index contributed by atoms with van der Waals surface area (Å²) in [6.07, 6.45) is 4.05. The minimum Gasteiger partial charge on any atom is -0.0988 e. The summed E-state index contributed by atoms with van der Waals surface area (Å²) >= 11 is 0. The minimum absolute atomic E-state index is 1.25. The number of rotatable bonds is 2. The molecule has 0 aromatic heterocycles. The Morgan fingerprint density at radius 3 is 1.58 bits per heavy atom. The molecule has 0 saturated heterocycles. The van der Waals surface area contributed by atoms with Crippen molar-refractivity contribution in [1.29, 1.82) is 0 Å². The van der Waals surface area contributed by atoms with Crippen molar-refractivity contribution in [3.05, 3.63) is 35.5 Å². The van der Waals surface area contributed by atoms with Crippen LogP contribution in [0.2, 0.25) is 0 Å². The summed E-state index contributed by atoms with van der Waals surface area (Å²) in [4.78, 5) is 0. The highest BCUT2D eigenvalue weighted by atomic mass is 13.9. The lowest BCUT2D eigenvalue weighted by molar-refractivity contribution is 1.31. The van der Waals surface area contributed by atoms with Crippen LogP contribution in [0.5, 0.6) is 0 Å². The van der Waals surface area contributed by atoms with E-state index in [9.17, 15) is 0 Å². The molecule has 0 fully saturated rings. The predicted molar refractivity (Wildman–Crippen MR) is 59.4 cm³/mol. The standard InChI is InChI=1S/C10H16.C2H6/c1-6-9(4)10(5)7-8(2)3;1-2/h6-7H,1H2,2-5H3;1-2H3/b10-9-;. The Kier molecular flexibility index (Phi) is 9.56. The van der Waals surface area contributed by atoms with Crippen LogP contribution in [0.1, 0.15) is 41.5 Å². The first-order chi connectivity index (χ1) is 5.57. The molecule has 0 N–H and O–H groups in total. The second-order valence-corrected chi connectivity index (χ2v) is 2.79. The van der Waals surface area contributed by atoms with Crippen molar-refractivity contribution in [3.8, 4) is 0 Å². The van der Waals surface area contributed by atoms with Crippen molar-refractivity contribution >= 4 is 0 Å². The largest absolute Gasteiger partial charge is 0.0988 e. The molecule has 12 heavy (non-hydrogen) atoms. The first kappa shape index (κ1) is 13.8. The van der Waals surface area contributed by atoms with Gasteiger partial charge in [0.05, 0.1) is 0 Å². The number of allylic oxidation sites excluding steroid dienone is 5. The van der Waals surface area contributed by atoms with Crippen molar-refractivity contribution < 1.29 is 0 Å². The zero-order valence-corrected chi connectivity index (χ0v) is 9.36. The first-order valence-electron chi connectivity index (χ1n) is 4.52. The fourth-order valence-electron chi connectivity index (χ4n) is 0.708. The zero-order valence-electron chi connectivity index (χ0n) is 9.36. The molecule has 0 atom stereocenters. The summed E-state index contributed by atoms with van der Waals surface area (Å²) < 4.78 is 0. The van der Waals surface area contributed by atoms with E-state index in [2.05, 4.69) is 40.3 Å². The first-order valence-corrected chi connectivity index (χ1v) is 4.52.